The van der Waals surface area contributed by atoms with Crippen LogP contribution in [0.1, 0.15) is 55.5 Å². The molecular formula is C20H24FN3O. The van der Waals surface area contributed by atoms with E-state index in [1.807, 2.05) is 10.9 Å². The van der Waals surface area contributed by atoms with Crippen LogP contribution in [0.15, 0.2) is 24.4 Å². The molecule has 4 nitrogen and oxygen atoms in total. The van der Waals surface area contributed by atoms with Crippen molar-refractivity contribution >= 4 is 11.6 Å². The molecule has 2 aliphatic rings. The maximum atomic E-state index is 13.9. The zero-order chi connectivity index (χ0) is 17.8. The Balaban J connectivity index is 1.58. The number of anilines is 1. The second-order valence-electron chi connectivity index (χ2n) is 7.78. The number of benzene rings is 1. The molecule has 0 radical (unpaired) electrons. The molecule has 0 N–H and O–H groups in total. The molecule has 4 rings (SSSR count). The van der Waals surface area contributed by atoms with E-state index in [4.69, 9.17) is 5.10 Å². The minimum atomic E-state index is -0.261. The van der Waals surface area contributed by atoms with Gasteiger partial charge in [-0.2, -0.15) is 5.10 Å². The Morgan fingerprint density at radius 2 is 1.92 bits per heavy atom. The molecule has 1 unspecified atom stereocenters. The normalized spacial score (nSPS) is 22.3. The zero-order valence-corrected chi connectivity index (χ0v) is 15.1. The topological polar surface area (TPSA) is 38.1 Å². The first-order valence-electron chi connectivity index (χ1n) is 9.03. The van der Waals surface area contributed by atoms with Gasteiger partial charge in [0.15, 0.2) is 0 Å². The van der Waals surface area contributed by atoms with E-state index in [2.05, 4.69) is 13.0 Å². The molecule has 1 aromatic heterocycles. The smallest absolute Gasteiger partial charge is 0.251 e. The molecule has 1 atom stereocenters. The van der Waals surface area contributed by atoms with Gasteiger partial charge in [-0.05, 0) is 62.4 Å². The van der Waals surface area contributed by atoms with Gasteiger partial charge in [0.1, 0.15) is 11.9 Å². The molecule has 1 saturated carbocycles. The van der Waals surface area contributed by atoms with E-state index in [9.17, 15) is 9.18 Å². The van der Waals surface area contributed by atoms with Crippen molar-refractivity contribution in [3.8, 4) is 0 Å². The van der Waals surface area contributed by atoms with Crippen LogP contribution in [0.3, 0.4) is 0 Å². The summed E-state index contributed by atoms with van der Waals surface area (Å²) in [5, 5.41) is 4.72. The minimum absolute atomic E-state index is 0.0406. The highest BCUT2D eigenvalue weighted by Crippen LogP contribution is 2.42. The third-order valence-corrected chi connectivity index (χ3v) is 5.91. The van der Waals surface area contributed by atoms with E-state index in [0.717, 1.165) is 17.8 Å². The van der Waals surface area contributed by atoms with Crippen LogP contribution in [0.25, 0.3) is 0 Å². The van der Waals surface area contributed by atoms with E-state index >= 15 is 0 Å². The molecule has 0 bridgehead atoms. The number of carbonyl (C=O) groups excluding carboxylic acids is 1. The van der Waals surface area contributed by atoms with Crippen LogP contribution in [0, 0.1) is 19.7 Å². The molecule has 1 aromatic carbocycles. The van der Waals surface area contributed by atoms with E-state index < -0.39 is 0 Å². The van der Waals surface area contributed by atoms with Gasteiger partial charge in [0.25, 0.3) is 5.91 Å². The van der Waals surface area contributed by atoms with Gasteiger partial charge in [0, 0.05) is 23.8 Å². The standard InChI is InChI=1S/C20H24FN3O/c1-13-11-15(12-14(2)18(13)21)23-9-5-16(19(23)25)24-10-6-17(22-24)20(3)7-4-8-20/h6,10-12,16H,4-5,7-9H2,1-3H3. The molecule has 1 amide bonds. The Morgan fingerprint density at radius 1 is 1.24 bits per heavy atom. The summed E-state index contributed by atoms with van der Waals surface area (Å²) in [5.41, 5.74) is 3.20. The Bertz CT molecular complexity index is 814. The van der Waals surface area contributed by atoms with Crippen LogP contribution in [0.4, 0.5) is 10.1 Å². The van der Waals surface area contributed by atoms with Crippen molar-refractivity contribution in [1.82, 2.24) is 9.78 Å². The number of hydrogen-bond donors (Lipinski definition) is 0. The average molecular weight is 341 g/mol. The molecule has 2 heterocycles. The van der Waals surface area contributed by atoms with Crippen molar-refractivity contribution in [3.05, 3.63) is 47.0 Å². The van der Waals surface area contributed by atoms with Crippen LogP contribution in [-0.4, -0.2) is 22.2 Å². The maximum Gasteiger partial charge on any atom is 0.251 e. The van der Waals surface area contributed by atoms with E-state index in [0.29, 0.717) is 17.7 Å². The monoisotopic (exact) mass is 341 g/mol. The average Bonchev–Trinajstić information content (AvgIpc) is 3.16. The number of rotatable bonds is 3. The van der Waals surface area contributed by atoms with Crippen LogP contribution in [0.5, 0.6) is 0 Å². The second kappa shape index (κ2) is 5.68. The summed E-state index contributed by atoms with van der Waals surface area (Å²) in [7, 11) is 0. The summed E-state index contributed by atoms with van der Waals surface area (Å²) in [6, 6.07) is 5.31. The van der Waals surface area contributed by atoms with Crippen LogP contribution >= 0.6 is 0 Å². The number of aromatic nitrogens is 2. The summed E-state index contributed by atoms with van der Waals surface area (Å²) in [4.78, 5) is 14.7. The van der Waals surface area contributed by atoms with Crippen molar-refractivity contribution in [1.29, 1.82) is 0 Å². The molecule has 5 heteroatoms. The molecule has 1 aliphatic heterocycles. The lowest BCUT2D eigenvalue weighted by Crippen LogP contribution is -2.32. The summed E-state index contributed by atoms with van der Waals surface area (Å²) in [6.45, 7) is 6.36. The van der Waals surface area contributed by atoms with Crippen LogP contribution in [0.2, 0.25) is 0 Å². The summed E-state index contributed by atoms with van der Waals surface area (Å²) in [6.07, 6.45) is 6.26. The van der Waals surface area contributed by atoms with Crippen molar-refractivity contribution in [2.24, 2.45) is 0 Å². The fraction of sp³-hybridized carbons (Fsp3) is 0.500. The molecule has 1 saturated heterocycles. The van der Waals surface area contributed by atoms with Crippen molar-refractivity contribution in [2.45, 2.75) is 57.9 Å². The molecular weight excluding hydrogens is 317 g/mol. The van der Waals surface area contributed by atoms with Crippen molar-refractivity contribution in [3.63, 3.8) is 0 Å². The second-order valence-corrected chi connectivity index (χ2v) is 7.78. The Morgan fingerprint density at radius 3 is 2.52 bits per heavy atom. The number of halogens is 1. The van der Waals surface area contributed by atoms with Gasteiger partial charge in [0.05, 0.1) is 5.69 Å². The quantitative estimate of drug-likeness (QED) is 0.844. The zero-order valence-electron chi connectivity index (χ0n) is 15.1. The van der Waals surface area contributed by atoms with Gasteiger partial charge >= 0.3 is 0 Å². The third-order valence-electron chi connectivity index (χ3n) is 5.91. The lowest BCUT2D eigenvalue weighted by Gasteiger charge is -2.36. The predicted octanol–water partition coefficient (Wildman–Crippen LogP) is 4.06. The first kappa shape index (κ1) is 16.3. The molecule has 2 fully saturated rings. The molecule has 25 heavy (non-hydrogen) atoms. The highest BCUT2D eigenvalue weighted by atomic mass is 19.1. The third kappa shape index (κ3) is 2.57. The lowest BCUT2D eigenvalue weighted by molar-refractivity contribution is -0.120. The van der Waals surface area contributed by atoms with E-state index in [1.165, 1.54) is 19.3 Å². The summed E-state index contributed by atoms with van der Waals surface area (Å²) in [5.74, 6) is -0.156. The van der Waals surface area contributed by atoms with Crippen molar-refractivity contribution < 1.29 is 9.18 Å². The van der Waals surface area contributed by atoms with Gasteiger partial charge in [0.2, 0.25) is 0 Å². The van der Waals surface area contributed by atoms with E-state index in [1.54, 1.807) is 30.9 Å². The van der Waals surface area contributed by atoms with Crippen molar-refractivity contribution in [2.75, 3.05) is 11.4 Å². The maximum absolute atomic E-state index is 13.9. The highest BCUT2D eigenvalue weighted by molar-refractivity contribution is 5.98. The highest BCUT2D eigenvalue weighted by Gasteiger charge is 2.38. The molecule has 0 spiro atoms. The molecule has 2 aromatic rings. The Kier molecular flexibility index (Phi) is 3.71. The van der Waals surface area contributed by atoms with Gasteiger partial charge in [-0.3, -0.25) is 9.48 Å². The summed E-state index contributed by atoms with van der Waals surface area (Å²) < 4.78 is 15.7. The van der Waals surface area contributed by atoms with Gasteiger partial charge in [-0.15, -0.1) is 0 Å². The van der Waals surface area contributed by atoms with Crippen LogP contribution < -0.4 is 4.90 Å². The number of aryl methyl sites for hydroxylation is 2. The first-order valence-corrected chi connectivity index (χ1v) is 9.03. The predicted molar refractivity (Wildman–Crippen MR) is 95.3 cm³/mol. The fourth-order valence-corrected chi connectivity index (χ4v) is 4.04. The Labute approximate surface area is 147 Å². The van der Waals surface area contributed by atoms with Gasteiger partial charge < -0.3 is 4.90 Å². The number of amides is 1. The van der Waals surface area contributed by atoms with Gasteiger partial charge in [-0.1, -0.05) is 13.3 Å². The van der Waals surface area contributed by atoms with Gasteiger partial charge in [-0.25, -0.2) is 4.39 Å². The van der Waals surface area contributed by atoms with Crippen LogP contribution in [-0.2, 0) is 10.2 Å². The molecule has 132 valence electrons. The fourth-order valence-electron chi connectivity index (χ4n) is 4.04. The number of carbonyl (C=O) groups is 1. The first-order chi connectivity index (χ1) is 11.9. The lowest BCUT2D eigenvalue weighted by atomic mass is 9.68. The SMILES string of the molecule is Cc1cc(N2CCC(n3ccc(C4(C)CCC4)n3)C2=O)cc(C)c1F. The Hall–Kier alpha value is -2.17. The largest absolute Gasteiger partial charge is 0.310 e. The van der Waals surface area contributed by atoms with E-state index in [-0.39, 0.29) is 23.2 Å². The molecule has 1 aliphatic carbocycles. The number of hydrogen-bond acceptors (Lipinski definition) is 2. The minimum Gasteiger partial charge on any atom is -0.310 e. The summed E-state index contributed by atoms with van der Waals surface area (Å²) >= 11 is 0. The number of nitrogens with zero attached hydrogens (tertiary/aromatic N) is 3.